The van der Waals surface area contributed by atoms with E-state index in [-0.39, 0.29) is 12.5 Å². The van der Waals surface area contributed by atoms with Crippen LogP contribution in [-0.4, -0.2) is 29.1 Å². The molecule has 0 aromatic rings. The third-order valence-electron chi connectivity index (χ3n) is 1.09. The predicted octanol–water partition coefficient (Wildman–Crippen LogP) is -0.518. The zero-order valence-corrected chi connectivity index (χ0v) is 7.19. The minimum Gasteiger partial charge on any atom is -0.396 e. The first-order valence-electron chi connectivity index (χ1n) is 3.49. The molecule has 0 rings (SSSR count). The molecule has 4 N–H and O–H groups in total. The molecule has 66 valence electrons. The van der Waals surface area contributed by atoms with Crippen molar-refractivity contribution >= 4 is 17.7 Å². The van der Waals surface area contributed by atoms with Crippen molar-refractivity contribution in [2.45, 2.75) is 12.8 Å². The molecule has 5 heteroatoms. The summed E-state index contributed by atoms with van der Waals surface area (Å²) in [4.78, 5) is 10.5. The molecular weight excluding hydrogens is 164 g/mol. The van der Waals surface area contributed by atoms with Crippen LogP contribution in [0.3, 0.4) is 0 Å². The molecular formula is C6H14N2O2S. The summed E-state index contributed by atoms with van der Waals surface area (Å²) < 4.78 is 0. The van der Waals surface area contributed by atoms with Crippen LogP contribution in [0.5, 0.6) is 0 Å². The Hall–Kier alpha value is -0.260. The van der Waals surface area contributed by atoms with Gasteiger partial charge in [0.1, 0.15) is 0 Å². The van der Waals surface area contributed by atoms with Gasteiger partial charge >= 0.3 is 0 Å². The van der Waals surface area contributed by atoms with Crippen LogP contribution in [0, 0.1) is 0 Å². The Labute approximate surface area is 70.5 Å². The predicted molar refractivity (Wildman–Crippen MR) is 46.0 cm³/mol. The molecule has 0 radical (unpaired) electrons. The van der Waals surface area contributed by atoms with E-state index in [1.54, 1.807) is 11.8 Å². The number of carbonyl (C=O) groups is 1. The Morgan fingerprint density at radius 1 is 1.55 bits per heavy atom. The first-order chi connectivity index (χ1) is 5.31. The summed E-state index contributed by atoms with van der Waals surface area (Å²) in [7, 11) is 0. The maximum absolute atomic E-state index is 10.5. The van der Waals surface area contributed by atoms with Crippen LogP contribution in [0.1, 0.15) is 12.8 Å². The van der Waals surface area contributed by atoms with Gasteiger partial charge < -0.3 is 5.11 Å². The van der Waals surface area contributed by atoms with Crippen molar-refractivity contribution in [1.82, 2.24) is 5.43 Å². The highest BCUT2D eigenvalue weighted by molar-refractivity contribution is 7.99. The first kappa shape index (κ1) is 10.7. The van der Waals surface area contributed by atoms with Crippen LogP contribution in [0.2, 0.25) is 0 Å². The van der Waals surface area contributed by atoms with Gasteiger partial charge in [-0.05, 0) is 12.2 Å². The van der Waals surface area contributed by atoms with Crippen molar-refractivity contribution in [3.63, 3.8) is 0 Å². The molecule has 0 saturated heterocycles. The topological polar surface area (TPSA) is 75.3 Å². The molecule has 0 bridgehead atoms. The van der Waals surface area contributed by atoms with Gasteiger partial charge in [0.05, 0.1) is 6.61 Å². The van der Waals surface area contributed by atoms with Gasteiger partial charge in [-0.3, -0.25) is 10.2 Å². The number of hydrogen-bond acceptors (Lipinski definition) is 4. The molecule has 0 aliphatic heterocycles. The second-order valence-electron chi connectivity index (χ2n) is 2.01. The molecule has 0 unspecified atom stereocenters. The van der Waals surface area contributed by atoms with Crippen molar-refractivity contribution in [2.24, 2.45) is 5.84 Å². The lowest BCUT2D eigenvalue weighted by molar-refractivity contribution is -0.121. The van der Waals surface area contributed by atoms with Crippen LogP contribution < -0.4 is 11.3 Å². The van der Waals surface area contributed by atoms with Crippen LogP contribution >= 0.6 is 11.8 Å². The number of rotatable bonds is 6. The van der Waals surface area contributed by atoms with Crippen molar-refractivity contribution in [3.05, 3.63) is 0 Å². The smallest absolute Gasteiger partial charge is 0.233 e. The first-order valence-corrected chi connectivity index (χ1v) is 4.64. The van der Waals surface area contributed by atoms with E-state index in [0.717, 1.165) is 17.9 Å². The van der Waals surface area contributed by atoms with E-state index < -0.39 is 0 Å². The summed E-state index contributed by atoms with van der Waals surface area (Å²) in [5.74, 6) is 6.37. The minimum absolute atomic E-state index is 0.130. The molecule has 4 nitrogen and oxygen atoms in total. The van der Waals surface area contributed by atoms with E-state index in [9.17, 15) is 4.79 Å². The number of nitrogens with one attached hydrogen (secondary N) is 1. The summed E-state index contributed by atoms with van der Waals surface area (Å²) in [6, 6.07) is 0. The van der Waals surface area contributed by atoms with E-state index in [1.165, 1.54) is 0 Å². The second-order valence-corrected chi connectivity index (χ2v) is 3.23. The number of hydrazine groups is 1. The number of aliphatic hydroxyl groups is 1. The molecule has 0 aromatic carbocycles. The van der Waals surface area contributed by atoms with Crippen molar-refractivity contribution in [3.8, 4) is 0 Å². The zero-order chi connectivity index (χ0) is 8.53. The highest BCUT2D eigenvalue weighted by Crippen LogP contribution is 2.02. The summed E-state index contributed by atoms with van der Waals surface area (Å²) in [5.41, 5.74) is 2.06. The highest BCUT2D eigenvalue weighted by Gasteiger charge is 1.96. The molecule has 1 amide bonds. The monoisotopic (exact) mass is 178 g/mol. The number of hydrogen-bond donors (Lipinski definition) is 3. The molecule has 0 atom stereocenters. The van der Waals surface area contributed by atoms with Gasteiger partial charge in [0.25, 0.3) is 0 Å². The van der Waals surface area contributed by atoms with E-state index in [4.69, 9.17) is 10.9 Å². The number of thioether (sulfide) groups is 1. The molecule has 0 spiro atoms. The molecule has 0 saturated carbocycles. The minimum atomic E-state index is -0.130. The number of amides is 1. The highest BCUT2D eigenvalue weighted by atomic mass is 32.2. The van der Waals surface area contributed by atoms with E-state index >= 15 is 0 Å². The standard InChI is InChI=1S/C6H14N2O2S/c7-8-6(10)2-1-4-11-5-3-9/h9H,1-5,7H2,(H,8,10). The Balaban J connectivity index is 2.95. The van der Waals surface area contributed by atoms with Gasteiger partial charge in [-0.2, -0.15) is 11.8 Å². The molecule has 0 fully saturated rings. The summed E-state index contributed by atoms with van der Waals surface area (Å²) in [6.45, 7) is 0.202. The largest absolute Gasteiger partial charge is 0.396 e. The van der Waals surface area contributed by atoms with Crippen molar-refractivity contribution in [1.29, 1.82) is 0 Å². The lowest BCUT2D eigenvalue weighted by Gasteiger charge is -1.98. The Bertz CT molecular complexity index is 111. The average Bonchev–Trinajstić information content (AvgIpc) is 2.04. The fraction of sp³-hybridized carbons (Fsp3) is 0.833. The summed E-state index contributed by atoms with van der Waals surface area (Å²) in [5, 5.41) is 8.40. The lowest BCUT2D eigenvalue weighted by Crippen LogP contribution is -2.29. The van der Waals surface area contributed by atoms with Crippen molar-refractivity contribution < 1.29 is 9.90 Å². The van der Waals surface area contributed by atoms with E-state index in [1.807, 2.05) is 0 Å². The fourth-order valence-corrected chi connectivity index (χ4v) is 1.26. The van der Waals surface area contributed by atoms with E-state index in [0.29, 0.717) is 6.42 Å². The second kappa shape index (κ2) is 7.84. The van der Waals surface area contributed by atoms with Crippen LogP contribution in [0.4, 0.5) is 0 Å². The number of carbonyl (C=O) groups excluding carboxylic acids is 1. The molecule has 0 aromatic heterocycles. The molecule has 0 aliphatic carbocycles. The molecule has 0 heterocycles. The van der Waals surface area contributed by atoms with Gasteiger partial charge in [0, 0.05) is 12.2 Å². The number of aliphatic hydroxyl groups excluding tert-OH is 1. The van der Waals surface area contributed by atoms with Crippen LogP contribution in [0.15, 0.2) is 0 Å². The van der Waals surface area contributed by atoms with Gasteiger partial charge in [0.2, 0.25) is 5.91 Å². The fourth-order valence-electron chi connectivity index (χ4n) is 0.574. The Morgan fingerprint density at radius 3 is 2.82 bits per heavy atom. The van der Waals surface area contributed by atoms with Gasteiger partial charge in [-0.25, -0.2) is 5.84 Å². The maximum Gasteiger partial charge on any atom is 0.233 e. The normalized spacial score (nSPS) is 9.64. The quantitative estimate of drug-likeness (QED) is 0.221. The van der Waals surface area contributed by atoms with E-state index in [2.05, 4.69) is 5.43 Å². The number of nitrogens with two attached hydrogens (primary N) is 1. The average molecular weight is 178 g/mol. The Kier molecular flexibility index (Phi) is 7.66. The lowest BCUT2D eigenvalue weighted by atomic mass is 10.3. The Morgan fingerprint density at radius 2 is 2.27 bits per heavy atom. The van der Waals surface area contributed by atoms with Gasteiger partial charge in [-0.15, -0.1) is 0 Å². The summed E-state index contributed by atoms with van der Waals surface area (Å²) >= 11 is 1.63. The van der Waals surface area contributed by atoms with Gasteiger partial charge in [-0.1, -0.05) is 0 Å². The van der Waals surface area contributed by atoms with Crippen molar-refractivity contribution in [2.75, 3.05) is 18.1 Å². The SMILES string of the molecule is NNC(=O)CCCSCCO. The molecule has 11 heavy (non-hydrogen) atoms. The maximum atomic E-state index is 10.5. The molecule has 0 aliphatic rings. The van der Waals surface area contributed by atoms with Crippen LogP contribution in [0.25, 0.3) is 0 Å². The third kappa shape index (κ3) is 7.64. The summed E-state index contributed by atoms with van der Waals surface area (Å²) in [6.07, 6.45) is 1.28. The zero-order valence-electron chi connectivity index (χ0n) is 6.38. The van der Waals surface area contributed by atoms with Crippen LogP contribution in [-0.2, 0) is 4.79 Å². The third-order valence-corrected chi connectivity index (χ3v) is 2.14. The van der Waals surface area contributed by atoms with Gasteiger partial charge in [0.15, 0.2) is 0 Å².